The minimum Gasteiger partial charge on any atom is -0.391 e. The molecule has 3 unspecified atom stereocenters. The van der Waals surface area contributed by atoms with Gasteiger partial charge in [0.1, 0.15) is 6.04 Å². The van der Waals surface area contributed by atoms with Gasteiger partial charge in [-0.3, -0.25) is 4.79 Å². The molecular formula is C13H18NO2S. The standard InChI is InChI=1S/C13H18NO2S/c1-10(13(16)12(8-15)14-2)9-17-11-6-4-3-5-7-11/h3-7,10,12-14,16H,9H2,1-2H3. The van der Waals surface area contributed by atoms with Crippen LogP contribution in [0.25, 0.3) is 0 Å². The number of hydrogen-bond donors (Lipinski definition) is 2. The predicted octanol–water partition coefficient (Wildman–Crippen LogP) is 1.47. The Morgan fingerprint density at radius 2 is 2.06 bits per heavy atom. The van der Waals surface area contributed by atoms with E-state index in [0.29, 0.717) is 0 Å². The number of rotatable bonds is 7. The van der Waals surface area contributed by atoms with Crippen LogP contribution < -0.4 is 5.32 Å². The van der Waals surface area contributed by atoms with E-state index in [4.69, 9.17) is 0 Å². The second kappa shape index (κ2) is 7.48. The molecule has 0 saturated heterocycles. The molecule has 93 valence electrons. The number of thioether (sulfide) groups is 1. The fraction of sp³-hybridized carbons (Fsp3) is 0.462. The van der Waals surface area contributed by atoms with Gasteiger partial charge in [-0.05, 0) is 25.1 Å². The van der Waals surface area contributed by atoms with Crippen LogP contribution in [0.4, 0.5) is 0 Å². The molecule has 3 atom stereocenters. The van der Waals surface area contributed by atoms with Crippen molar-refractivity contribution in [2.24, 2.45) is 5.92 Å². The van der Waals surface area contributed by atoms with Crippen molar-refractivity contribution < 1.29 is 9.90 Å². The van der Waals surface area contributed by atoms with Gasteiger partial charge in [-0.15, -0.1) is 11.8 Å². The molecule has 0 aliphatic heterocycles. The number of aliphatic hydroxyl groups is 1. The molecule has 2 N–H and O–H groups in total. The molecule has 1 rings (SSSR count). The Morgan fingerprint density at radius 1 is 1.41 bits per heavy atom. The van der Waals surface area contributed by atoms with Gasteiger partial charge in [-0.1, -0.05) is 25.1 Å². The minimum absolute atomic E-state index is 0.0270. The van der Waals surface area contributed by atoms with Crippen LogP contribution in [0.5, 0.6) is 0 Å². The second-order valence-electron chi connectivity index (χ2n) is 3.98. The summed E-state index contributed by atoms with van der Waals surface area (Å²) in [6.07, 6.45) is 1.11. The molecule has 0 amide bonds. The quantitative estimate of drug-likeness (QED) is 0.722. The van der Waals surface area contributed by atoms with E-state index in [2.05, 4.69) is 5.32 Å². The first-order valence-corrected chi connectivity index (χ1v) is 6.58. The van der Waals surface area contributed by atoms with E-state index in [0.717, 1.165) is 5.75 Å². The predicted molar refractivity (Wildman–Crippen MR) is 70.9 cm³/mol. The van der Waals surface area contributed by atoms with Crippen molar-refractivity contribution in [2.75, 3.05) is 12.8 Å². The summed E-state index contributed by atoms with van der Waals surface area (Å²) < 4.78 is 0. The van der Waals surface area contributed by atoms with Crippen LogP contribution in [0.2, 0.25) is 0 Å². The van der Waals surface area contributed by atoms with Gasteiger partial charge in [-0.2, -0.15) is 0 Å². The molecule has 3 nitrogen and oxygen atoms in total. The van der Waals surface area contributed by atoms with Gasteiger partial charge in [0, 0.05) is 10.6 Å². The monoisotopic (exact) mass is 252 g/mol. The Bertz CT molecular complexity index is 331. The lowest BCUT2D eigenvalue weighted by Crippen LogP contribution is -2.43. The highest BCUT2D eigenvalue weighted by atomic mass is 32.2. The van der Waals surface area contributed by atoms with Crippen LogP contribution in [0, 0.1) is 5.92 Å². The number of aliphatic hydroxyl groups excluding tert-OH is 1. The molecule has 0 aliphatic carbocycles. The molecule has 4 heteroatoms. The van der Waals surface area contributed by atoms with Crippen molar-refractivity contribution >= 4 is 18.0 Å². The van der Waals surface area contributed by atoms with Gasteiger partial charge in [0.05, 0.1) is 6.10 Å². The summed E-state index contributed by atoms with van der Waals surface area (Å²) in [7, 11) is 1.65. The summed E-state index contributed by atoms with van der Waals surface area (Å²) in [4.78, 5) is 11.8. The molecule has 0 spiro atoms. The summed E-state index contributed by atoms with van der Waals surface area (Å²) in [5, 5.41) is 12.7. The largest absolute Gasteiger partial charge is 0.391 e. The lowest BCUT2D eigenvalue weighted by atomic mass is 10.0. The Morgan fingerprint density at radius 3 is 2.59 bits per heavy atom. The van der Waals surface area contributed by atoms with E-state index in [1.165, 1.54) is 4.90 Å². The van der Waals surface area contributed by atoms with Gasteiger partial charge in [0.25, 0.3) is 0 Å². The SMILES string of the molecule is CNC([C]=O)C(O)C(C)CSc1ccccc1. The van der Waals surface area contributed by atoms with Gasteiger partial charge in [0.15, 0.2) is 0 Å². The Balaban J connectivity index is 2.44. The summed E-state index contributed by atoms with van der Waals surface area (Å²) in [6, 6.07) is 9.40. The Hall–Kier alpha value is -0.840. The zero-order valence-electron chi connectivity index (χ0n) is 10.1. The van der Waals surface area contributed by atoms with Crippen LogP contribution in [-0.2, 0) is 4.79 Å². The van der Waals surface area contributed by atoms with E-state index in [1.807, 2.05) is 43.5 Å². The molecule has 1 aromatic rings. The first kappa shape index (κ1) is 14.2. The molecule has 0 aromatic heterocycles. The van der Waals surface area contributed by atoms with Crippen LogP contribution in [-0.4, -0.2) is 36.3 Å². The van der Waals surface area contributed by atoms with E-state index < -0.39 is 12.1 Å². The summed E-state index contributed by atoms with van der Waals surface area (Å²) in [6.45, 7) is 1.93. The van der Waals surface area contributed by atoms with Gasteiger partial charge in [-0.25, -0.2) is 0 Å². The lowest BCUT2D eigenvalue weighted by Gasteiger charge is -2.22. The fourth-order valence-corrected chi connectivity index (χ4v) is 2.47. The lowest BCUT2D eigenvalue weighted by molar-refractivity contribution is 0.109. The maximum absolute atomic E-state index is 10.6. The highest BCUT2D eigenvalue weighted by Gasteiger charge is 2.23. The Kier molecular flexibility index (Phi) is 6.26. The smallest absolute Gasteiger partial charge is 0.219 e. The van der Waals surface area contributed by atoms with Crippen LogP contribution in [0.15, 0.2) is 35.2 Å². The van der Waals surface area contributed by atoms with Crippen molar-refractivity contribution in [3.63, 3.8) is 0 Å². The summed E-state index contributed by atoms with van der Waals surface area (Å²) in [5.74, 6) is 0.796. The molecule has 0 bridgehead atoms. The number of benzene rings is 1. The van der Waals surface area contributed by atoms with Crippen molar-refractivity contribution in [2.45, 2.75) is 24.0 Å². The highest BCUT2D eigenvalue weighted by molar-refractivity contribution is 7.99. The maximum Gasteiger partial charge on any atom is 0.219 e. The topological polar surface area (TPSA) is 49.3 Å². The number of likely N-dealkylation sites (N-methyl/N-ethyl adjacent to an activating group) is 1. The molecule has 1 aromatic carbocycles. The van der Waals surface area contributed by atoms with E-state index in [9.17, 15) is 9.90 Å². The third kappa shape index (κ3) is 4.50. The van der Waals surface area contributed by atoms with E-state index >= 15 is 0 Å². The zero-order valence-corrected chi connectivity index (χ0v) is 10.9. The molecule has 0 aliphatic rings. The van der Waals surface area contributed by atoms with Crippen LogP contribution in [0.1, 0.15) is 6.92 Å². The van der Waals surface area contributed by atoms with Gasteiger partial charge in [0.2, 0.25) is 6.29 Å². The van der Waals surface area contributed by atoms with Gasteiger partial charge >= 0.3 is 0 Å². The minimum atomic E-state index is -0.700. The first-order valence-electron chi connectivity index (χ1n) is 5.60. The van der Waals surface area contributed by atoms with Crippen molar-refractivity contribution in [3.8, 4) is 0 Å². The molecule has 0 fully saturated rings. The van der Waals surface area contributed by atoms with Crippen LogP contribution >= 0.6 is 11.8 Å². The number of carbonyl (C=O) groups excluding carboxylic acids is 1. The number of nitrogens with one attached hydrogen (secondary N) is 1. The van der Waals surface area contributed by atoms with Crippen molar-refractivity contribution in [1.82, 2.24) is 5.32 Å². The molecule has 1 radical (unpaired) electrons. The molecule has 17 heavy (non-hydrogen) atoms. The van der Waals surface area contributed by atoms with Crippen molar-refractivity contribution in [1.29, 1.82) is 0 Å². The third-order valence-electron chi connectivity index (χ3n) is 2.62. The maximum atomic E-state index is 10.6. The highest BCUT2D eigenvalue weighted by Crippen LogP contribution is 2.22. The average Bonchev–Trinajstić information content (AvgIpc) is 2.38. The van der Waals surface area contributed by atoms with Gasteiger partial charge < -0.3 is 10.4 Å². The molecule has 0 heterocycles. The number of hydrogen-bond acceptors (Lipinski definition) is 4. The molecular weight excluding hydrogens is 234 g/mol. The summed E-state index contributed by atoms with van der Waals surface area (Å²) >= 11 is 1.68. The zero-order chi connectivity index (χ0) is 12.7. The first-order chi connectivity index (χ1) is 8.19. The normalized spacial score (nSPS) is 16.2. The van der Waals surface area contributed by atoms with E-state index in [-0.39, 0.29) is 5.92 Å². The second-order valence-corrected chi connectivity index (χ2v) is 5.07. The average molecular weight is 252 g/mol. The Labute approximate surface area is 107 Å². The van der Waals surface area contributed by atoms with Crippen molar-refractivity contribution in [3.05, 3.63) is 30.3 Å². The molecule has 0 saturated carbocycles. The van der Waals surface area contributed by atoms with Crippen LogP contribution in [0.3, 0.4) is 0 Å². The third-order valence-corrected chi connectivity index (χ3v) is 3.92. The summed E-state index contributed by atoms with van der Waals surface area (Å²) in [5.41, 5.74) is 0. The fourth-order valence-electron chi connectivity index (χ4n) is 1.47. The van der Waals surface area contributed by atoms with E-state index in [1.54, 1.807) is 18.8 Å².